The maximum Gasteiger partial charge on any atom is 0.0606 e. The summed E-state index contributed by atoms with van der Waals surface area (Å²) in [6.07, 6.45) is 1.82. The zero-order chi connectivity index (χ0) is 11.4. The van der Waals surface area contributed by atoms with E-state index >= 15 is 0 Å². The monoisotopic (exact) mass is 229 g/mol. The molecule has 0 unspecified atom stereocenters. The molecule has 0 aromatic rings. The van der Waals surface area contributed by atoms with Crippen LogP contribution in [0.2, 0.25) is 0 Å². The lowest BCUT2D eigenvalue weighted by molar-refractivity contribution is 0.174. The van der Waals surface area contributed by atoms with Gasteiger partial charge in [-0.15, -0.1) is 11.8 Å². The molecule has 0 amide bonds. The lowest BCUT2D eigenvalue weighted by Crippen LogP contribution is -2.30. The van der Waals surface area contributed by atoms with Crippen molar-refractivity contribution in [1.82, 2.24) is 4.90 Å². The van der Waals surface area contributed by atoms with E-state index in [1.807, 2.05) is 16.4 Å². The highest BCUT2D eigenvalue weighted by atomic mass is 32.2. The maximum absolute atomic E-state index is 8.75. The average Bonchev–Trinajstić information content (AvgIpc) is 2.24. The Bertz CT molecular complexity index is 214. The molecular weight excluding hydrogens is 210 g/mol. The fraction of sp³-hybridized carbons (Fsp3) is 0.636. The van der Waals surface area contributed by atoms with Crippen LogP contribution >= 0.6 is 11.8 Å². The van der Waals surface area contributed by atoms with Gasteiger partial charge in [0, 0.05) is 13.1 Å². The first-order valence-corrected chi connectivity index (χ1v) is 6.09. The fourth-order valence-corrected chi connectivity index (χ4v) is 1.30. The third-order valence-electron chi connectivity index (χ3n) is 1.65. The Balaban J connectivity index is 3.75. The number of allylic oxidation sites excluding steroid dienone is 1. The molecule has 0 bridgehead atoms. The average molecular weight is 229 g/mol. The van der Waals surface area contributed by atoms with E-state index in [4.69, 9.17) is 10.2 Å². The molecule has 0 radical (unpaired) electrons. The van der Waals surface area contributed by atoms with Crippen LogP contribution in [0.1, 0.15) is 6.92 Å². The van der Waals surface area contributed by atoms with Crippen LogP contribution in [0.25, 0.3) is 0 Å². The van der Waals surface area contributed by atoms with Gasteiger partial charge in [0.05, 0.1) is 19.8 Å². The molecule has 15 heavy (non-hydrogen) atoms. The van der Waals surface area contributed by atoms with Crippen molar-refractivity contribution in [2.45, 2.75) is 6.92 Å². The van der Waals surface area contributed by atoms with Gasteiger partial charge in [-0.05, 0) is 17.2 Å². The summed E-state index contributed by atoms with van der Waals surface area (Å²) >= 11 is 1.71. The van der Waals surface area contributed by atoms with Gasteiger partial charge in [-0.3, -0.25) is 4.90 Å². The van der Waals surface area contributed by atoms with Gasteiger partial charge in [0.25, 0.3) is 0 Å². The number of rotatable bonds is 7. The Labute approximate surface area is 96.2 Å². The van der Waals surface area contributed by atoms with E-state index < -0.39 is 0 Å². The van der Waals surface area contributed by atoms with Crippen LogP contribution in [-0.2, 0) is 0 Å². The lowest BCUT2D eigenvalue weighted by Gasteiger charge is -2.16. The second kappa shape index (κ2) is 11.6. The minimum atomic E-state index is 0.100. The molecule has 4 heteroatoms. The van der Waals surface area contributed by atoms with E-state index in [0.29, 0.717) is 19.6 Å². The summed E-state index contributed by atoms with van der Waals surface area (Å²) in [4.78, 5) is 1.91. The predicted molar refractivity (Wildman–Crippen MR) is 65.7 cm³/mol. The number of thioether (sulfide) groups is 1. The van der Waals surface area contributed by atoms with Crippen molar-refractivity contribution in [3.63, 3.8) is 0 Å². The summed E-state index contributed by atoms with van der Waals surface area (Å²) in [6.45, 7) is 3.99. The second-order valence-electron chi connectivity index (χ2n) is 2.80. The van der Waals surface area contributed by atoms with Gasteiger partial charge in [-0.2, -0.15) is 0 Å². The smallest absolute Gasteiger partial charge is 0.0606 e. The maximum atomic E-state index is 8.75. The van der Waals surface area contributed by atoms with Crippen molar-refractivity contribution in [2.75, 3.05) is 38.6 Å². The van der Waals surface area contributed by atoms with Crippen molar-refractivity contribution >= 4 is 11.8 Å². The molecular formula is C11H19NO2S. The molecule has 0 aliphatic carbocycles. The highest BCUT2D eigenvalue weighted by molar-refractivity contribution is 8.02. The number of aliphatic hydroxyl groups is 2. The zero-order valence-corrected chi connectivity index (χ0v) is 9.96. The van der Waals surface area contributed by atoms with Crippen LogP contribution in [0.15, 0.2) is 11.5 Å². The van der Waals surface area contributed by atoms with Crippen molar-refractivity contribution in [1.29, 1.82) is 0 Å². The molecule has 0 saturated carbocycles. The van der Waals surface area contributed by atoms with Crippen LogP contribution < -0.4 is 0 Å². The molecule has 0 heterocycles. The van der Waals surface area contributed by atoms with Crippen molar-refractivity contribution < 1.29 is 10.2 Å². The molecule has 0 spiro atoms. The first kappa shape index (κ1) is 14.5. The SMILES string of the molecule is CCS/C=C/C#CCN(CCO)CCO. The molecule has 86 valence electrons. The van der Waals surface area contributed by atoms with Gasteiger partial charge in [0.15, 0.2) is 0 Å². The Morgan fingerprint density at radius 3 is 2.47 bits per heavy atom. The molecule has 0 aromatic carbocycles. The van der Waals surface area contributed by atoms with Crippen LogP contribution in [-0.4, -0.2) is 53.7 Å². The standard InChI is InChI=1S/C11H19NO2S/c1-2-15-11-5-3-4-6-12(7-9-13)8-10-14/h5,11,13-14H,2,6-10H2,1H3/b11-5+. The third-order valence-corrected chi connectivity index (χ3v) is 2.31. The normalized spacial score (nSPS) is 10.7. The molecule has 0 aromatic heterocycles. The van der Waals surface area contributed by atoms with Crippen LogP contribution in [0, 0.1) is 11.8 Å². The first-order valence-electron chi connectivity index (χ1n) is 5.04. The molecule has 0 aliphatic rings. The Morgan fingerprint density at radius 2 is 1.93 bits per heavy atom. The van der Waals surface area contributed by atoms with Gasteiger partial charge in [-0.25, -0.2) is 0 Å². The number of nitrogens with zero attached hydrogens (tertiary/aromatic N) is 1. The highest BCUT2D eigenvalue weighted by Crippen LogP contribution is 1.98. The minimum Gasteiger partial charge on any atom is -0.395 e. The molecule has 2 N–H and O–H groups in total. The summed E-state index contributed by atoms with van der Waals surface area (Å²) in [5, 5.41) is 19.5. The third kappa shape index (κ3) is 9.83. The topological polar surface area (TPSA) is 43.7 Å². The summed E-state index contributed by atoms with van der Waals surface area (Å²) < 4.78 is 0. The zero-order valence-electron chi connectivity index (χ0n) is 9.15. The van der Waals surface area contributed by atoms with Gasteiger partial charge in [0.1, 0.15) is 0 Å². The Hall–Kier alpha value is -0.470. The summed E-state index contributed by atoms with van der Waals surface area (Å²) in [6, 6.07) is 0. The molecule has 3 nitrogen and oxygen atoms in total. The summed E-state index contributed by atoms with van der Waals surface area (Å²) in [5.41, 5.74) is 0. The van der Waals surface area contributed by atoms with Gasteiger partial charge >= 0.3 is 0 Å². The fourth-order valence-electron chi connectivity index (χ4n) is 0.947. The molecule has 0 fully saturated rings. The Kier molecular flexibility index (Phi) is 11.2. The van der Waals surface area contributed by atoms with Crippen LogP contribution in [0.3, 0.4) is 0 Å². The molecule has 0 rings (SSSR count). The quantitative estimate of drug-likeness (QED) is 0.626. The predicted octanol–water partition coefficient (Wildman–Crippen LogP) is 0.543. The lowest BCUT2D eigenvalue weighted by atomic mass is 10.4. The van der Waals surface area contributed by atoms with Gasteiger partial charge in [0.2, 0.25) is 0 Å². The van der Waals surface area contributed by atoms with E-state index in [9.17, 15) is 0 Å². The van der Waals surface area contributed by atoms with E-state index in [1.165, 1.54) is 0 Å². The molecule has 0 atom stereocenters. The summed E-state index contributed by atoms with van der Waals surface area (Å²) in [5.74, 6) is 6.93. The molecule has 0 aliphatic heterocycles. The summed E-state index contributed by atoms with van der Waals surface area (Å²) in [7, 11) is 0. The number of hydrogen-bond acceptors (Lipinski definition) is 4. The van der Waals surface area contributed by atoms with E-state index in [-0.39, 0.29) is 13.2 Å². The van der Waals surface area contributed by atoms with Crippen LogP contribution in [0.4, 0.5) is 0 Å². The van der Waals surface area contributed by atoms with Crippen LogP contribution in [0.5, 0.6) is 0 Å². The minimum absolute atomic E-state index is 0.100. The molecule has 0 saturated heterocycles. The van der Waals surface area contributed by atoms with Crippen molar-refractivity contribution in [3.8, 4) is 11.8 Å². The van der Waals surface area contributed by atoms with E-state index in [1.54, 1.807) is 11.8 Å². The van der Waals surface area contributed by atoms with Crippen molar-refractivity contribution in [3.05, 3.63) is 11.5 Å². The van der Waals surface area contributed by atoms with Gasteiger partial charge < -0.3 is 10.2 Å². The second-order valence-corrected chi connectivity index (χ2v) is 3.99. The Morgan fingerprint density at radius 1 is 1.27 bits per heavy atom. The number of hydrogen-bond donors (Lipinski definition) is 2. The highest BCUT2D eigenvalue weighted by Gasteiger charge is 1.99. The first-order chi connectivity index (χ1) is 7.35. The van der Waals surface area contributed by atoms with E-state index in [0.717, 1.165) is 5.75 Å². The van der Waals surface area contributed by atoms with Crippen molar-refractivity contribution in [2.24, 2.45) is 0 Å². The number of aliphatic hydroxyl groups excluding tert-OH is 2. The van der Waals surface area contributed by atoms with E-state index in [2.05, 4.69) is 18.8 Å². The van der Waals surface area contributed by atoms with Gasteiger partial charge in [-0.1, -0.05) is 18.8 Å². The largest absolute Gasteiger partial charge is 0.395 e.